The van der Waals surface area contributed by atoms with Gasteiger partial charge in [0.05, 0.1) is 0 Å². The molecule has 0 rings (SSSR count). The molecule has 0 unspecified atom stereocenters. The molecule has 0 atom stereocenters. The molecule has 0 heterocycles. The molecule has 0 aliphatic rings. The first-order valence-corrected chi connectivity index (χ1v) is 6.60. The lowest BCUT2D eigenvalue weighted by molar-refractivity contribution is -0.146. The fourth-order valence-electron chi connectivity index (χ4n) is 1.45. The van der Waals surface area contributed by atoms with Crippen molar-refractivity contribution in [1.29, 1.82) is 0 Å². The van der Waals surface area contributed by atoms with Crippen molar-refractivity contribution in [2.75, 3.05) is 19.6 Å². The topological polar surface area (TPSA) is 49.4 Å². The zero-order chi connectivity index (χ0) is 13.3. The van der Waals surface area contributed by atoms with E-state index in [1.165, 1.54) is 0 Å². The second kappa shape index (κ2) is 9.02. The van der Waals surface area contributed by atoms with Crippen LogP contribution in [0.2, 0.25) is 0 Å². The van der Waals surface area contributed by atoms with Crippen LogP contribution in [0.25, 0.3) is 0 Å². The third-order valence-electron chi connectivity index (χ3n) is 2.43. The molecular weight excluding hydrogens is 216 g/mol. The summed E-state index contributed by atoms with van der Waals surface area (Å²) in [5, 5.41) is 2.67. The number of hydrogen-bond donors (Lipinski definition) is 1. The van der Waals surface area contributed by atoms with Crippen LogP contribution in [-0.4, -0.2) is 36.3 Å². The summed E-state index contributed by atoms with van der Waals surface area (Å²) < 4.78 is 0. The Balaban J connectivity index is 4.23. The Morgan fingerprint density at radius 3 is 2.24 bits per heavy atom. The van der Waals surface area contributed by atoms with Gasteiger partial charge in [-0.1, -0.05) is 34.1 Å². The lowest BCUT2D eigenvalue weighted by Gasteiger charge is -2.21. The van der Waals surface area contributed by atoms with Crippen LogP contribution in [0.15, 0.2) is 0 Å². The van der Waals surface area contributed by atoms with Gasteiger partial charge in [0.1, 0.15) is 0 Å². The molecule has 0 fully saturated rings. The minimum absolute atomic E-state index is 0.363. The van der Waals surface area contributed by atoms with Gasteiger partial charge in [0.15, 0.2) is 0 Å². The Morgan fingerprint density at radius 2 is 1.76 bits per heavy atom. The molecule has 0 aliphatic carbocycles. The van der Waals surface area contributed by atoms with Gasteiger partial charge < -0.3 is 10.2 Å². The number of carbonyl (C=O) groups excluding carboxylic acids is 2. The highest BCUT2D eigenvalue weighted by molar-refractivity contribution is 6.35. The van der Waals surface area contributed by atoms with E-state index in [0.29, 0.717) is 25.6 Å². The minimum Gasteiger partial charge on any atom is -0.348 e. The average molecular weight is 242 g/mol. The van der Waals surface area contributed by atoms with Crippen molar-refractivity contribution < 1.29 is 9.59 Å². The molecule has 100 valence electrons. The van der Waals surface area contributed by atoms with E-state index in [0.717, 1.165) is 19.3 Å². The van der Waals surface area contributed by atoms with Gasteiger partial charge in [-0.3, -0.25) is 9.59 Å². The average Bonchev–Trinajstić information content (AvgIpc) is 2.30. The van der Waals surface area contributed by atoms with Crippen molar-refractivity contribution in [2.45, 2.75) is 47.0 Å². The maximum Gasteiger partial charge on any atom is 0.311 e. The second-order valence-corrected chi connectivity index (χ2v) is 4.75. The molecule has 0 aromatic carbocycles. The molecule has 0 saturated carbocycles. The van der Waals surface area contributed by atoms with Gasteiger partial charge in [0.2, 0.25) is 0 Å². The molecule has 0 spiro atoms. The summed E-state index contributed by atoms with van der Waals surface area (Å²) in [6, 6.07) is 0. The fraction of sp³-hybridized carbons (Fsp3) is 0.846. The predicted octanol–water partition coefficient (Wildman–Crippen LogP) is 1.80. The normalized spacial score (nSPS) is 10.4. The summed E-state index contributed by atoms with van der Waals surface area (Å²) in [6.45, 7) is 9.99. The number of carbonyl (C=O) groups is 2. The Bertz CT molecular complexity index is 240. The summed E-state index contributed by atoms with van der Waals surface area (Å²) in [4.78, 5) is 25.1. The molecule has 4 heteroatoms. The van der Waals surface area contributed by atoms with E-state index in [1.807, 2.05) is 20.8 Å². The Labute approximate surface area is 105 Å². The Kier molecular flexibility index (Phi) is 8.46. The highest BCUT2D eigenvalue weighted by Crippen LogP contribution is 1.98. The highest BCUT2D eigenvalue weighted by Gasteiger charge is 2.20. The predicted molar refractivity (Wildman–Crippen MR) is 69.6 cm³/mol. The van der Waals surface area contributed by atoms with Crippen molar-refractivity contribution >= 4 is 11.8 Å². The van der Waals surface area contributed by atoms with E-state index in [4.69, 9.17) is 0 Å². The maximum absolute atomic E-state index is 11.9. The lowest BCUT2D eigenvalue weighted by Crippen LogP contribution is -2.44. The van der Waals surface area contributed by atoms with Crippen molar-refractivity contribution in [1.82, 2.24) is 10.2 Å². The third kappa shape index (κ3) is 6.97. The molecule has 0 aromatic rings. The second-order valence-electron chi connectivity index (χ2n) is 4.75. The first-order valence-electron chi connectivity index (χ1n) is 6.60. The minimum atomic E-state index is -0.469. The first-order chi connectivity index (χ1) is 8.02. The van der Waals surface area contributed by atoms with E-state index in [-0.39, 0.29) is 5.91 Å². The number of amides is 2. The van der Waals surface area contributed by atoms with Gasteiger partial charge in [-0.25, -0.2) is 0 Å². The third-order valence-corrected chi connectivity index (χ3v) is 2.43. The summed E-state index contributed by atoms with van der Waals surface area (Å²) >= 11 is 0. The van der Waals surface area contributed by atoms with E-state index in [9.17, 15) is 9.59 Å². The molecule has 1 N–H and O–H groups in total. The number of nitrogens with one attached hydrogen (secondary N) is 1. The van der Waals surface area contributed by atoms with E-state index in [2.05, 4.69) is 12.2 Å². The number of nitrogens with zero attached hydrogens (tertiary/aromatic N) is 1. The van der Waals surface area contributed by atoms with Crippen LogP contribution in [0.5, 0.6) is 0 Å². The molecule has 0 aromatic heterocycles. The van der Waals surface area contributed by atoms with Crippen molar-refractivity contribution in [3.8, 4) is 0 Å². The van der Waals surface area contributed by atoms with Crippen molar-refractivity contribution in [3.05, 3.63) is 0 Å². The van der Waals surface area contributed by atoms with Crippen LogP contribution in [0.4, 0.5) is 0 Å². The van der Waals surface area contributed by atoms with E-state index in [1.54, 1.807) is 4.90 Å². The van der Waals surface area contributed by atoms with Crippen LogP contribution in [0.1, 0.15) is 47.0 Å². The number of unbranched alkanes of at least 4 members (excludes halogenated alkanes) is 1. The monoisotopic (exact) mass is 242 g/mol. The number of rotatable bonds is 7. The van der Waals surface area contributed by atoms with Crippen molar-refractivity contribution in [2.24, 2.45) is 5.92 Å². The van der Waals surface area contributed by atoms with Crippen molar-refractivity contribution in [3.63, 3.8) is 0 Å². The summed E-state index contributed by atoms with van der Waals surface area (Å²) in [6.07, 6.45) is 2.86. The molecule has 0 aliphatic heterocycles. The van der Waals surface area contributed by atoms with E-state index >= 15 is 0 Å². The largest absolute Gasteiger partial charge is 0.348 e. The zero-order valence-corrected chi connectivity index (χ0v) is 11.6. The standard InChI is InChI=1S/C13H26N2O2/c1-5-7-9-15(8-6-2)13(17)12(16)14-10-11(3)4/h11H,5-10H2,1-4H3,(H,14,16). The molecule has 4 nitrogen and oxygen atoms in total. The van der Waals surface area contributed by atoms with Crippen LogP contribution >= 0.6 is 0 Å². The molecule has 0 radical (unpaired) electrons. The molecule has 2 amide bonds. The van der Waals surface area contributed by atoms with Crippen LogP contribution in [0.3, 0.4) is 0 Å². The summed E-state index contributed by atoms with van der Waals surface area (Å²) in [5.74, 6) is -0.494. The quantitative estimate of drug-likeness (QED) is 0.692. The summed E-state index contributed by atoms with van der Waals surface area (Å²) in [7, 11) is 0. The smallest absolute Gasteiger partial charge is 0.311 e. The van der Waals surface area contributed by atoms with Gasteiger partial charge >= 0.3 is 11.8 Å². The Hall–Kier alpha value is -1.06. The fourth-order valence-corrected chi connectivity index (χ4v) is 1.45. The van der Waals surface area contributed by atoms with Crippen LogP contribution < -0.4 is 5.32 Å². The molecule has 0 bridgehead atoms. The first kappa shape index (κ1) is 15.9. The summed E-state index contributed by atoms with van der Waals surface area (Å²) in [5.41, 5.74) is 0. The molecule has 0 saturated heterocycles. The maximum atomic E-state index is 11.9. The van der Waals surface area contributed by atoms with Gasteiger partial charge in [0.25, 0.3) is 0 Å². The molecule has 17 heavy (non-hydrogen) atoms. The zero-order valence-electron chi connectivity index (χ0n) is 11.6. The SMILES string of the molecule is CCCCN(CCC)C(=O)C(=O)NCC(C)C. The lowest BCUT2D eigenvalue weighted by atomic mass is 10.2. The molecular formula is C13H26N2O2. The van der Waals surface area contributed by atoms with Gasteiger partial charge in [0, 0.05) is 19.6 Å². The Morgan fingerprint density at radius 1 is 1.12 bits per heavy atom. The highest BCUT2D eigenvalue weighted by atomic mass is 16.2. The van der Waals surface area contributed by atoms with Gasteiger partial charge in [-0.2, -0.15) is 0 Å². The van der Waals surface area contributed by atoms with Crippen LogP contribution in [0, 0.1) is 5.92 Å². The van der Waals surface area contributed by atoms with Gasteiger partial charge in [-0.05, 0) is 18.8 Å². The van der Waals surface area contributed by atoms with Crippen LogP contribution in [-0.2, 0) is 9.59 Å². The van der Waals surface area contributed by atoms with Gasteiger partial charge in [-0.15, -0.1) is 0 Å². The number of hydrogen-bond acceptors (Lipinski definition) is 2. The van der Waals surface area contributed by atoms with E-state index < -0.39 is 5.91 Å².